The fourth-order valence-electron chi connectivity index (χ4n) is 2.90. The van der Waals surface area contributed by atoms with Crippen molar-refractivity contribution in [3.8, 4) is 0 Å². The highest BCUT2D eigenvalue weighted by atomic mass is 19.3. The number of imidazole rings is 1. The molecule has 0 spiro atoms. The Balaban J connectivity index is 1.64. The summed E-state index contributed by atoms with van der Waals surface area (Å²) in [5.74, 6) is 1.94. The number of anilines is 1. The molecular weight excluding hydrogens is 340 g/mol. The number of alkyl halides is 2. The molecule has 1 saturated heterocycles. The molecule has 0 radical (unpaired) electrons. The first-order valence-corrected chi connectivity index (χ1v) is 8.68. The van der Waals surface area contributed by atoms with Gasteiger partial charge in [0.1, 0.15) is 18.2 Å². The second kappa shape index (κ2) is 8.59. The highest BCUT2D eigenvalue weighted by molar-refractivity contribution is 5.80. The van der Waals surface area contributed by atoms with E-state index in [1.54, 1.807) is 6.20 Å². The summed E-state index contributed by atoms with van der Waals surface area (Å²) in [4.78, 5) is 17.2. The molecule has 9 heteroatoms. The number of pyridine rings is 1. The summed E-state index contributed by atoms with van der Waals surface area (Å²) in [6.45, 7) is 3.42. The van der Waals surface area contributed by atoms with E-state index >= 15 is 0 Å². The smallest absolute Gasteiger partial charge is 0.319 e. The molecule has 1 aliphatic heterocycles. The second-order valence-corrected chi connectivity index (χ2v) is 5.86. The van der Waals surface area contributed by atoms with E-state index in [4.69, 9.17) is 0 Å². The van der Waals surface area contributed by atoms with Gasteiger partial charge >= 0.3 is 6.55 Å². The van der Waals surface area contributed by atoms with Crippen LogP contribution >= 0.6 is 0 Å². The normalized spacial score (nSPS) is 15.6. The summed E-state index contributed by atoms with van der Waals surface area (Å²) < 4.78 is 26.7. The number of guanidine groups is 1. The van der Waals surface area contributed by atoms with Crippen molar-refractivity contribution in [3.63, 3.8) is 0 Å². The minimum Gasteiger partial charge on any atom is -0.357 e. The standard InChI is InChI=1S/C17H23F2N7/c1-2-20-17(23-13-15-22-7-8-26(15)16(18)19)25-11-9-24(10-12-25)14-5-3-4-6-21-14/h3-8,16H,2,9-13H2,1H3,(H,20,23). The average Bonchev–Trinajstić information content (AvgIpc) is 3.15. The summed E-state index contributed by atoms with van der Waals surface area (Å²) in [5.41, 5.74) is 0. The van der Waals surface area contributed by atoms with E-state index < -0.39 is 6.55 Å². The molecular formula is C17H23F2N7. The van der Waals surface area contributed by atoms with Crippen molar-refractivity contribution >= 4 is 11.8 Å². The summed E-state index contributed by atoms with van der Waals surface area (Å²) >= 11 is 0. The van der Waals surface area contributed by atoms with Crippen molar-refractivity contribution in [1.29, 1.82) is 0 Å². The van der Waals surface area contributed by atoms with Crippen LogP contribution in [-0.2, 0) is 6.54 Å². The van der Waals surface area contributed by atoms with E-state index in [0.717, 1.165) is 42.5 Å². The van der Waals surface area contributed by atoms with Gasteiger partial charge in [-0.05, 0) is 19.1 Å². The van der Waals surface area contributed by atoms with Crippen LogP contribution in [0.3, 0.4) is 0 Å². The molecule has 3 rings (SSSR count). The van der Waals surface area contributed by atoms with Gasteiger partial charge < -0.3 is 15.1 Å². The lowest BCUT2D eigenvalue weighted by atomic mass is 10.3. The monoisotopic (exact) mass is 363 g/mol. The quantitative estimate of drug-likeness (QED) is 0.650. The Kier molecular flexibility index (Phi) is 5.98. The molecule has 0 atom stereocenters. The lowest BCUT2D eigenvalue weighted by Gasteiger charge is -2.37. The molecule has 0 unspecified atom stereocenters. The summed E-state index contributed by atoms with van der Waals surface area (Å²) in [5, 5.41) is 3.24. The maximum absolute atomic E-state index is 12.9. The Morgan fingerprint density at radius 2 is 2.00 bits per heavy atom. The van der Waals surface area contributed by atoms with Crippen molar-refractivity contribution in [2.24, 2.45) is 4.99 Å². The second-order valence-electron chi connectivity index (χ2n) is 5.86. The first-order chi connectivity index (χ1) is 12.7. The zero-order valence-electron chi connectivity index (χ0n) is 14.7. The van der Waals surface area contributed by atoms with Gasteiger partial charge in [0.2, 0.25) is 0 Å². The number of nitrogens with one attached hydrogen (secondary N) is 1. The third-order valence-electron chi connectivity index (χ3n) is 4.22. The van der Waals surface area contributed by atoms with E-state index in [2.05, 4.69) is 30.1 Å². The Bertz CT molecular complexity index is 709. The van der Waals surface area contributed by atoms with Gasteiger partial charge in [-0.3, -0.25) is 4.57 Å². The van der Waals surface area contributed by atoms with Crippen molar-refractivity contribution in [3.05, 3.63) is 42.6 Å². The van der Waals surface area contributed by atoms with Gasteiger partial charge in [-0.25, -0.2) is 15.0 Å². The minimum absolute atomic E-state index is 0.111. The molecule has 1 N–H and O–H groups in total. The highest BCUT2D eigenvalue weighted by Crippen LogP contribution is 2.14. The van der Waals surface area contributed by atoms with E-state index in [1.165, 1.54) is 12.4 Å². The van der Waals surface area contributed by atoms with Crippen molar-refractivity contribution in [2.45, 2.75) is 20.0 Å². The van der Waals surface area contributed by atoms with Crippen LogP contribution in [-0.4, -0.2) is 58.1 Å². The van der Waals surface area contributed by atoms with Crippen LogP contribution in [0, 0.1) is 0 Å². The molecule has 0 aliphatic carbocycles. The van der Waals surface area contributed by atoms with E-state index in [9.17, 15) is 8.78 Å². The lowest BCUT2D eigenvalue weighted by Crippen LogP contribution is -2.52. The maximum Gasteiger partial charge on any atom is 0.319 e. The van der Waals surface area contributed by atoms with E-state index in [0.29, 0.717) is 6.54 Å². The first-order valence-electron chi connectivity index (χ1n) is 8.68. The minimum atomic E-state index is -2.60. The molecule has 0 aromatic carbocycles. The van der Waals surface area contributed by atoms with Crippen LogP contribution in [0.15, 0.2) is 41.8 Å². The predicted molar refractivity (Wildman–Crippen MR) is 96.3 cm³/mol. The Hall–Kier alpha value is -2.71. The molecule has 0 amide bonds. The summed E-state index contributed by atoms with van der Waals surface area (Å²) in [6, 6.07) is 5.88. The summed E-state index contributed by atoms with van der Waals surface area (Å²) in [6.07, 6.45) is 4.43. The SMILES string of the molecule is CCNC(=NCc1nccn1C(F)F)N1CCN(c2ccccn2)CC1. The van der Waals surface area contributed by atoms with Gasteiger partial charge in [0.05, 0.1) is 0 Å². The van der Waals surface area contributed by atoms with Crippen LogP contribution in [0.25, 0.3) is 0 Å². The van der Waals surface area contributed by atoms with Crippen molar-refractivity contribution in [1.82, 2.24) is 24.8 Å². The Morgan fingerprint density at radius 3 is 2.65 bits per heavy atom. The molecule has 2 aromatic heterocycles. The van der Waals surface area contributed by atoms with Gasteiger partial charge in [0, 0.05) is 51.3 Å². The van der Waals surface area contributed by atoms with Gasteiger partial charge in [-0.1, -0.05) is 6.07 Å². The maximum atomic E-state index is 12.9. The molecule has 7 nitrogen and oxygen atoms in total. The predicted octanol–water partition coefficient (Wildman–Crippen LogP) is 1.96. The van der Waals surface area contributed by atoms with E-state index in [-0.39, 0.29) is 12.4 Å². The zero-order chi connectivity index (χ0) is 18.4. The van der Waals surface area contributed by atoms with Crippen LogP contribution in [0.1, 0.15) is 19.3 Å². The first kappa shape index (κ1) is 18.1. The van der Waals surface area contributed by atoms with Gasteiger partial charge in [0.15, 0.2) is 5.96 Å². The number of aromatic nitrogens is 3. The highest BCUT2D eigenvalue weighted by Gasteiger charge is 2.20. The molecule has 3 heterocycles. The number of piperazine rings is 1. The molecule has 1 aliphatic rings. The van der Waals surface area contributed by atoms with Crippen LogP contribution in [0.2, 0.25) is 0 Å². The zero-order valence-corrected chi connectivity index (χ0v) is 14.7. The van der Waals surface area contributed by atoms with Crippen molar-refractivity contribution in [2.75, 3.05) is 37.6 Å². The molecule has 26 heavy (non-hydrogen) atoms. The van der Waals surface area contributed by atoms with E-state index in [1.807, 2.05) is 25.1 Å². The fraction of sp³-hybridized carbons (Fsp3) is 0.471. The molecule has 0 bridgehead atoms. The third-order valence-corrected chi connectivity index (χ3v) is 4.22. The number of hydrogen-bond donors (Lipinski definition) is 1. The lowest BCUT2D eigenvalue weighted by molar-refractivity contribution is 0.0671. The molecule has 1 fully saturated rings. The van der Waals surface area contributed by atoms with Gasteiger partial charge in [-0.2, -0.15) is 8.78 Å². The molecule has 140 valence electrons. The van der Waals surface area contributed by atoms with Gasteiger partial charge in [-0.15, -0.1) is 0 Å². The Morgan fingerprint density at radius 1 is 1.19 bits per heavy atom. The fourth-order valence-corrected chi connectivity index (χ4v) is 2.90. The number of rotatable bonds is 5. The average molecular weight is 363 g/mol. The van der Waals surface area contributed by atoms with Crippen LogP contribution < -0.4 is 10.2 Å². The number of halogens is 2. The van der Waals surface area contributed by atoms with Crippen molar-refractivity contribution < 1.29 is 8.78 Å². The topological polar surface area (TPSA) is 61.6 Å². The van der Waals surface area contributed by atoms with Crippen LogP contribution in [0.4, 0.5) is 14.6 Å². The third kappa shape index (κ3) is 4.27. The largest absolute Gasteiger partial charge is 0.357 e. The summed E-state index contributed by atoms with van der Waals surface area (Å²) in [7, 11) is 0. The van der Waals surface area contributed by atoms with Gasteiger partial charge in [0.25, 0.3) is 0 Å². The molecule has 0 saturated carbocycles. The Labute approximate surface area is 151 Å². The number of aliphatic imine (C=N–C) groups is 1. The molecule has 2 aromatic rings. The number of nitrogens with zero attached hydrogens (tertiary/aromatic N) is 6. The van der Waals surface area contributed by atoms with Crippen LogP contribution in [0.5, 0.6) is 0 Å². The number of hydrogen-bond acceptors (Lipinski definition) is 4.